The average molecular weight is 583 g/mol. The second kappa shape index (κ2) is 12.6. The van der Waals surface area contributed by atoms with Crippen LogP contribution in [-0.2, 0) is 24.3 Å². The number of nitrogens with two attached hydrogens (primary N) is 1. The molecular weight excluding hydrogens is 552 g/mol. The quantitative estimate of drug-likeness (QED) is 0.229. The zero-order valence-corrected chi connectivity index (χ0v) is 23.9. The highest BCUT2D eigenvalue weighted by molar-refractivity contribution is 5.96. The van der Waals surface area contributed by atoms with Gasteiger partial charge in [0.15, 0.2) is 5.65 Å². The van der Waals surface area contributed by atoms with Crippen molar-refractivity contribution in [3.05, 3.63) is 158 Å². The van der Waals surface area contributed by atoms with Gasteiger partial charge in [-0.15, -0.1) is 0 Å². The van der Waals surface area contributed by atoms with Gasteiger partial charge in [0.05, 0.1) is 13.1 Å². The van der Waals surface area contributed by atoms with E-state index in [9.17, 15) is 14.4 Å². The molecule has 0 fully saturated rings. The number of rotatable bonds is 10. The van der Waals surface area contributed by atoms with E-state index >= 15 is 0 Å². The van der Waals surface area contributed by atoms with Crippen LogP contribution in [0.15, 0.2) is 125 Å². The Balaban J connectivity index is 1.36. The number of primary amides is 1. The summed E-state index contributed by atoms with van der Waals surface area (Å²) < 4.78 is 2.78. The summed E-state index contributed by atoms with van der Waals surface area (Å²) in [5.41, 5.74) is 10.2. The van der Waals surface area contributed by atoms with Gasteiger partial charge in [-0.1, -0.05) is 91.0 Å². The number of imidazole rings is 1. The lowest BCUT2D eigenvalue weighted by Crippen LogP contribution is -2.40. The molecule has 44 heavy (non-hydrogen) atoms. The third-order valence-corrected chi connectivity index (χ3v) is 7.48. The van der Waals surface area contributed by atoms with Crippen molar-refractivity contribution < 1.29 is 4.79 Å². The van der Waals surface area contributed by atoms with Crippen LogP contribution in [0.25, 0.3) is 28.6 Å². The zero-order chi connectivity index (χ0) is 30.5. The Hall–Kier alpha value is -5.83. The SMILES string of the molecule is NC(=O)/C(=C/c1ccc(-c2nc3c([nH]2)c(=O)n(Cc2ccccc2)c(=O)n3Cc2ccccc2)cc1)CCc1cccnc1. The number of fused-ring (bicyclic) bond motifs is 1. The van der Waals surface area contributed by atoms with E-state index in [1.807, 2.05) is 97.1 Å². The van der Waals surface area contributed by atoms with Gasteiger partial charge in [-0.2, -0.15) is 0 Å². The summed E-state index contributed by atoms with van der Waals surface area (Å²) in [4.78, 5) is 51.5. The van der Waals surface area contributed by atoms with E-state index < -0.39 is 17.2 Å². The standard InChI is InChI=1S/C35H30N6O3/c36-31(42)29(18-15-25-12-7-19-37-21-25)20-24-13-16-28(17-14-24)32-38-30-33(39-32)40(22-26-8-3-1-4-9-26)35(44)41(34(30)43)23-27-10-5-2-6-11-27/h1-14,16-17,19-21H,15,18,22-23H2,(H2,36,42)(H,38,39)/b29-20+. The summed E-state index contributed by atoms with van der Waals surface area (Å²) >= 11 is 0. The number of aryl methyl sites for hydroxylation is 1. The summed E-state index contributed by atoms with van der Waals surface area (Å²) in [5.74, 6) is -0.0172. The van der Waals surface area contributed by atoms with E-state index in [1.54, 1.807) is 18.5 Å². The Morgan fingerprint density at radius 1 is 0.795 bits per heavy atom. The third-order valence-electron chi connectivity index (χ3n) is 7.48. The van der Waals surface area contributed by atoms with Gasteiger partial charge < -0.3 is 10.7 Å². The van der Waals surface area contributed by atoms with Crippen LogP contribution in [0.1, 0.15) is 28.7 Å². The molecule has 3 heterocycles. The normalized spacial score (nSPS) is 11.6. The maximum Gasteiger partial charge on any atom is 0.333 e. The van der Waals surface area contributed by atoms with E-state index in [1.165, 1.54) is 9.13 Å². The smallest absolute Gasteiger partial charge is 0.333 e. The highest BCUT2D eigenvalue weighted by Crippen LogP contribution is 2.21. The summed E-state index contributed by atoms with van der Waals surface area (Å²) in [7, 11) is 0. The fraction of sp³-hybridized carbons (Fsp3) is 0.114. The Kier molecular flexibility index (Phi) is 8.09. The largest absolute Gasteiger partial charge is 0.366 e. The van der Waals surface area contributed by atoms with Crippen molar-refractivity contribution in [3.63, 3.8) is 0 Å². The van der Waals surface area contributed by atoms with Crippen molar-refractivity contribution in [1.29, 1.82) is 0 Å². The number of nitrogens with one attached hydrogen (secondary N) is 1. The second-order valence-electron chi connectivity index (χ2n) is 10.5. The predicted molar refractivity (Wildman–Crippen MR) is 171 cm³/mol. The van der Waals surface area contributed by atoms with Crippen LogP contribution in [-0.4, -0.2) is 30.0 Å². The number of aromatic amines is 1. The fourth-order valence-electron chi connectivity index (χ4n) is 5.15. The van der Waals surface area contributed by atoms with Crippen molar-refractivity contribution in [2.24, 2.45) is 5.73 Å². The van der Waals surface area contributed by atoms with E-state index in [2.05, 4.69) is 9.97 Å². The number of carbonyl (C=O) groups is 1. The molecule has 218 valence electrons. The molecule has 3 N–H and O–H groups in total. The molecule has 3 aromatic heterocycles. The molecular formula is C35H30N6O3. The monoisotopic (exact) mass is 582 g/mol. The van der Waals surface area contributed by atoms with Crippen molar-refractivity contribution in [2.45, 2.75) is 25.9 Å². The number of pyridine rings is 1. The molecule has 0 unspecified atom stereocenters. The molecule has 0 radical (unpaired) electrons. The molecule has 3 aromatic carbocycles. The molecule has 0 bridgehead atoms. The van der Waals surface area contributed by atoms with E-state index in [0.29, 0.717) is 29.9 Å². The van der Waals surface area contributed by atoms with Gasteiger partial charge in [-0.3, -0.25) is 23.7 Å². The molecule has 0 atom stereocenters. The van der Waals surface area contributed by atoms with Crippen LogP contribution in [0, 0.1) is 0 Å². The van der Waals surface area contributed by atoms with Crippen molar-refractivity contribution in [3.8, 4) is 11.4 Å². The van der Waals surface area contributed by atoms with Crippen molar-refractivity contribution in [2.75, 3.05) is 0 Å². The maximum absolute atomic E-state index is 13.7. The lowest BCUT2D eigenvalue weighted by Gasteiger charge is -2.11. The minimum absolute atomic E-state index is 0.140. The van der Waals surface area contributed by atoms with E-state index in [0.717, 1.165) is 27.8 Å². The summed E-state index contributed by atoms with van der Waals surface area (Å²) in [6, 6.07) is 30.3. The molecule has 6 rings (SSSR count). The van der Waals surface area contributed by atoms with Crippen molar-refractivity contribution >= 4 is 23.1 Å². The molecule has 0 spiro atoms. The number of nitrogens with zero attached hydrogens (tertiary/aromatic N) is 4. The first-order valence-corrected chi connectivity index (χ1v) is 14.3. The number of carbonyl (C=O) groups excluding carboxylic acids is 1. The number of amides is 1. The Morgan fingerprint density at radius 2 is 1.43 bits per heavy atom. The first kappa shape index (κ1) is 28.3. The van der Waals surface area contributed by atoms with Gasteiger partial charge in [-0.25, -0.2) is 9.78 Å². The Morgan fingerprint density at radius 3 is 2.05 bits per heavy atom. The molecule has 0 aliphatic rings. The number of benzene rings is 3. The first-order chi connectivity index (χ1) is 21.5. The van der Waals surface area contributed by atoms with Crippen LogP contribution in [0.2, 0.25) is 0 Å². The Labute approximate surface area is 253 Å². The molecule has 0 saturated carbocycles. The summed E-state index contributed by atoms with van der Waals surface area (Å²) in [6.45, 7) is 0.399. The molecule has 6 aromatic rings. The lowest BCUT2D eigenvalue weighted by atomic mass is 10.0. The van der Waals surface area contributed by atoms with Crippen LogP contribution >= 0.6 is 0 Å². The van der Waals surface area contributed by atoms with Gasteiger partial charge in [0.25, 0.3) is 5.56 Å². The fourth-order valence-corrected chi connectivity index (χ4v) is 5.15. The molecule has 0 aliphatic carbocycles. The predicted octanol–water partition coefficient (Wildman–Crippen LogP) is 4.55. The lowest BCUT2D eigenvalue weighted by molar-refractivity contribution is -0.114. The van der Waals surface area contributed by atoms with E-state index in [4.69, 9.17) is 10.7 Å². The first-order valence-electron chi connectivity index (χ1n) is 14.3. The maximum atomic E-state index is 13.7. The summed E-state index contributed by atoms with van der Waals surface area (Å²) in [5, 5.41) is 0. The minimum atomic E-state index is -0.474. The number of H-pyrrole nitrogens is 1. The number of hydrogen-bond acceptors (Lipinski definition) is 5. The minimum Gasteiger partial charge on any atom is -0.366 e. The summed E-state index contributed by atoms with van der Waals surface area (Å²) in [6.07, 6.45) is 6.39. The number of hydrogen-bond donors (Lipinski definition) is 2. The van der Waals surface area contributed by atoms with Crippen LogP contribution < -0.4 is 17.0 Å². The average Bonchev–Trinajstić information content (AvgIpc) is 3.51. The van der Waals surface area contributed by atoms with Gasteiger partial charge in [0, 0.05) is 23.5 Å². The van der Waals surface area contributed by atoms with Crippen molar-refractivity contribution in [1.82, 2.24) is 24.1 Å². The third kappa shape index (κ3) is 6.17. The highest BCUT2D eigenvalue weighted by Gasteiger charge is 2.19. The van der Waals surface area contributed by atoms with Gasteiger partial charge in [0.1, 0.15) is 11.3 Å². The Bertz CT molecular complexity index is 2060. The molecule has 9 nitrogen and oxygen atoms in total. The second-order valence-corrected chi connectivity index (χ2v) is 10.5. The van der Waals surface area contributed by atoms with Crippen LogP contribution in [0.5, 0.6) is 0 Å². The molecule has 9 heteroatoms. The topological polar surface area (TPSA) is 129 Å². The van der Waals surface area contributed by atoms with Gasteiger partial charge in [-0.05, 0) is 47.2 Å². The van der Waals surface area contributed by atoms with Crippen LogP contribution in [0.4, 0.5) is 0 Å². The highest BCUT2D eigenvalue weighted by atomic mass is 16.2. The van der Waals surface area contributed by atoms with Gasteiger partial charge >= 0.3 is 5.69 Å². The molecule has 0 saturated heterocycles. The number of aromatic nitrogens is 5. The molecule has 0 aliphatic heterocycles. The van der Waals surface area contributed by atoms with Crippen LogP contribution in [0.3, 0.4) is 0 Å². The van der Waals surface area contributed by atoms with Gasteiger partial charge in [0.2, 0.25) is 5.91 Å². The zero-order valence-electron chi connectivity index (χ0n) is 23.9. The van der Waals surface area contributed by atoms with E-state index in [-0.39, 0.29) is 18.6 Å². The molecule has 1 amide bonds.